The van der Waals surface area contributed by atoms with Crippen molar-refractivity contribution in [3.8, 4) is 0 Å². The molecular formula is C10H14N4O3. The predicted octanol–water partition coefficient (Wildman–Crippen LogP) is 0.359. The van der Waals surface area contributed by atoms with Gasteiger partial charge in [0.1, 0.15) is 0 Å². The molecule has 0 fully saturated rings. The van der Waals surface area contributed by atoms with Crippen LogP contribution in [0, 0.1) is 10.1 Å². The van der Waals surface area contributed by atoms with E-state index in [1.807, 2.05) is 0 Å². The summed E-state index contributed by atoms with van der Waals surface area (Å²) < 4.78 is 0. The number of anilines is 2. The Morgan fingerprint density at radius 3 is 2.71 bits per heavy atom. The fourth-order valence-electron chi connectivity index (χ4n) is 1.33. The third-order valence-corrected chi connectivity index (χ3v) is 2.24. The first-order chi connectivity index (χ1) is 7.93. The number of non-ortho nitro benzene ring substituents is 1. The molecular weight excluding hydrogens is 224 g/mol. The lowest BCUT2D eigenvalue weighted by Crippen LogP contribution is -2.32. The van der Waals surface area contributed by atoms with Crippen molar-refractivity contribution in [2.75, 3.05) is 31.3 Å². The molecule has 0 radical (unpaired) electrons. The van der Waals surface area contributed by atoms with Crippen LogP contribution in [0.5, 0.6) is 0 Å². The molecule has 17 heavy (non-hydrogen) atoms. The summed E-state index contributed by atoms with van der Waals surface area (Å²) in [4.78, 5) is 22.9. The van der Waals surface area contributed by atoms with E-state index in [1.54, 1.807) is 18.0 Å². The predicted molar refractivity (Wildman–Crippen MR) is 64.8 cm³/mol. The molecule has 0 aromatic heterocycles. The number of nitro benzene ring substituents is 1. The number of carbonyl (C=O) groups excluding carboxylic acids is 1. The van der Waals surface area contributed by atoms with Gasteiger partial charge in [-0.1, -0.05) is 0 Å². The van der Waals surface area contributed by atoms with Gasteiger partial charge < -0.3 is 16.0 Å². The maximum Gasteiger partial charge on any atom is 0.273 e. The van der Waals surface area contributed by atoms with Crippen molar-refractivity contribution < 1.29 is 9.72 Å². The fourth-order valence-corrected chi connectivity index (χ4v) is 1.33. The number of hydrogen-bond acceptors (Lipinski definition) is 5. The Kier molecular flexibility index (Phi) is 3.86. The number of amides is 1. The van der Waals surface area contributed by atoms with Crippen LogP contribution in [0.4, 0.5) is 17.1 Å². The zero-order valence-corrected chi connectivity index (χ0v) is 9.64. The highest BCUT2D eigenvalue weighted by Crippen LogP contribution is 2.24. The van der Waals surface area contributed by atoms with Crippen molar-refractivity contribution in [3.63, 3.8) is 0 Å². The van der Waals surface area contributed by atoms with Crippen molar-refractivity contribution in [3.05, 3.63) is 28.3 Å². The Morgan fingerprint density at radius 1 is 1.53 bits per heavy atom. The molecule has 1 aromatic carbocycles. The number of benzene rings is 1. The summed E-state index contributed by atoms with van der Waals surface area (Å²) in [6.45, 7) is 0.108. The molecule has 1 rings (SSSR count). The Balaban J connectivity index is 2.97. The van der Waals surface area contributed by atoms with Crippen LogP contribution in [0.1, 0.15) is 0 Å². The van der Waals surface area contributed by atoms with E-state index < -0.39 is 4.92 Å². The van der Waals surface area contributed by atoms with E-state index in [-0.39, 0.29) is 23.8 Å². The quantitative estimate of drug-likeness (QED) is 0.448. The maximum absolute atomic E-state index is 11.2. The monoisotopic (exact) mass is 238 g/mol. The molecule has 0 saturated carbocycles. The van der Waals surface area contributed by atoms with Crippen LogP contribution in [0.25, 0.3) is 0 Å². The van der Waals surface area contributed by atoms with Gasteiger partial charge in [0.2, 0.25) is 5.91 Å². The van der Waals surface area contributed by atoms with E-state index >= 15 is 0 Å². The molecule has 0 bridgehead atoms. The zero-order valence-electron chi connectivity index (χ0n) is 9.64. The lowest BCUT2D eigenvalue weighted by molar-refractivity contribution is -0.384. The molecule has 0 aliphatic carbocycles. The molecule has 92 valence electrons. The van der Waals surface area contributed by atoms with Crippen molar-refractivity contribution in [2.24, 2.45) is 0 Å². The Labute approximate surface area is 98.4 Å². The first-order valence-corrected chi connectivity index (χ1v) is 4.90. The van der Waals surface area contributed by atoms with Crippen molar-refractivity contribution in [1.82, 2.24) is 5.32 Å². The third kappa shape index (κ3) is 3.33. The maximum atomic E-state index is 11.2. The molecule has 1 amide bonds. The van der Waals surface area contributed by atoms with Gasteiger partial charge >= 0.3 is 0 Å². The molecule has 0 unspecified atom stereocenters. The van der Waals surface area contributed by atoms with Crippen molar-refractivity contribution in [2.45, 2.75) is 0 Å². The molecule has 1 aromatic rings. The van der Waals surface area contributed by atoms with Crippen molar-refractivity contribution in [1.29, 1.82) is 0 Å². The van der Waals surface area contributed by atoms with Crippen LogP contribution >= 0.6 is 0 Å². The van der Waals surface area contributed by atoms with Gasteiger partial charge in [0.15, 0.2) is 0 Å². The minimum Gasteiger partial charge on any atom is -0.398 e. The van der Waals surface area contributed by atoms with E-state index in [1.165, 1.54) is 19.2 Å². The standard InChI is InChI=1S/C10H14N4O3/c1-12-10(15)6-13(2)8-3-7(11)4-9(5-8)14(16)17/h3-5H,6,11H2,1-2H3,(H,12,15). The molecule has 7 nitrogen and oxygen atoms in total. The number of carbonyl (C=O) groups is 1. The summed E-state index contributed by atoms with van der Waals surface area (Å²) in [5.74, 6) is -0.183. The van der Waals surface area contributed by atoms with Crippen LogP contribution in [0.3, 0.4) is 0 Å². The lowest BCUT2D eigenvalue weighted by Gasteiger charge is -2.18. The summed E-state index contributed by atoms with van der Waals surface area (Å²) >= 11 is 0. The molecule has 0 aliphatic heterocycles. The summed E-state index contributed by atoms with van der Waals surface area (Å²) in [7, 11) is 3.19. The highest BCUT2D eigenvalue weighted by atomic mass is 16.6. The van der Waals surface area contributed by atoms with Crippen LogP contribution in [0.15, 0.2) is 18.2 Å². The van der Waals surface area contributed by atoms with E-state index in [2.05, 4.69) is 5.32 Å². The number of nitrogens with one attached hydrogen (secondary N) is 1. The van der Waals surface area contributed by atoms with Gasteiger partial charge in [-0.25, -0.2) is 0 Å². The van der Waals surface area contributed by atoms with Gasteiger partial charge in [-0.05, 0) is 6.07 Å². The molecule has 0 saturated heterocycles. The second kappa shape index (κ2) is 5.15. The van der Waals surface area contributed by atoms with E-state index in [0.717, 1.165) is 0 Å². The van der Waals surface area contributed by atoms with Gasteiger partial charge in [-0.15, -0.1) is 0 Å². The SMILES string of the molecule is CNC(=O)CN(C)c1cc(N)cc([N+](=O)[O-])c1. The number of nitrogen functional groups attached to an aromatic ring is 1. The summed E-state index contributed by atoms with van der Waals surface area (Å²) in [6.07, 6.45) is 0. The summed E-state index contributed by atoms with van der Waals surface area (Å²) in [5.41, 5.74) is 6.29. The largest absolute Gasteiger partial charge is 0.398 e. The molecule has 0 heterocycles. The number of likely N-dealkylation sites (N-methyl/N-ethyl adjacent to an activating group) is 2. The minimum atomic E-state index is -0.520. The summed E-state index contributed by atoms with van der Waals surface area (Å²) in [6, 6.07) is 4.23. The molecule has 0 aliphatic rings. The van der Waals surface area contributed by atoms with Crippen LogP contribution in [0.2, 0.25) is 0 Å². The highest BCUT2D eigenvalue weighted by Gasteiger charge is 2.12. The lowest BCUT2D eigenvalue weighted by atomic mass is 10.2. The number of hydrogen-bond donors (Lipinski definition) is 2. The third-order valence-electron chi connectivity index (χ3n) is 2.24. The first-order valence-electron chi connectivity index (χ1n) is 4.90. The molecule has 0 spiro atoms. The Hall–Kier alpha value is -2.31. The smallest absolute Gasteiger partial charge is 0.273 e. The van der Waals surface area contributed by atoms with Gasteiger partial charge in [-0.2, -0.15) is 0 Å². The summed E-state index contributed by atoms with van der Waals surface area (Å²) in [5, 5.41) is 13.1. The van der Waals surface area contributed by atoms with Gasteiger partial charge in [-0.3, -0.25) is 14.9 Å². The molecule has 3 N–H and O–H groups in total. The van der Waals surface area contributed by atoms with Gasteiger partial charge in [0.25, 0.3) is 5.69 Å². The minimum absolute atomic E-state index is 0.0937. The Bertz CT molecular complexity index is 447. The normalized spacial score (nSPS) is 9.76. The average Bonchev–Trinajstić information content (AvgIpc) is 2.27. The van der Waals surface area contributed by atoms with Crippen molar-refractivity contribution >= 4 is 23.0 Å². The van der Waals surface area contributed by atoms with E-state index in [4.69, 9.17) is 5.73 Å². The topological polar surface area (TPSA) is 102 Å². The first kappa shape index (κ1) is 12.8. The van der Waals surface area contributed by atoms with Crippen LogP contribution < -0.4 is 16.0 Å². The zero-order chi connectivity index (χ0) is 13.0. The fraction of sp³-hybridized carbons (Fsp3) is 0.300. The van der Waals surface area contributed by atoms with Gasteiger partial charge in [0, 0.05) is 37.6 Å². The number of nitrogens with zero attached hydrogens (tertiary/aromatic N) is 2. The van der Waals surface area contributed by atoms with Crippen LogP contribution in [-0.4, -0.2) is 31.5 Å². The van der Waals surface area contributed by atoms with Gasteiger partial charge in [0.05, 0.1) is 11.5 Å². The second-order valence-corrected chi connectivity index (χ2v) is 3.57. The number of rotatable bonds is 4. The molecule has 7 heteroatoms. The highest BCUT2D eigenvalue weighted by molar-refractivity contribution is 5.81. The van der Waals surface area contributed by atoms with E-state index in [9.17, 15) is 14.9 Å². The average molecular weight is 238 g/mol. The Morgan fingerprint density at radius 2 is 2.18 bits per heavy atom. The molecule has 0 atom stereocenters. The van der Waals surface area contributed by atoms with E-state index in [0.29, 0.717) is 5.69 Å². The second-order valence-electron chi connectivity index (χ2n) is 3.57. The number of nitro groups is 1. The van der Waals surface area contributed by atoms with Crippen LogP contribution in [-0.2, 0) is 4.79 Å². The number of nitrogens with two attached hydrogens (primary N) is 1.